The van der Waals surface area contributed by atoms with E-state index in [2.05, 4.69) is 32.1 Å². The van der Waals surface area contributed by atoms with Gasteiger partial charge in [0.05, 0.1) is 16.1 Å². The molecular weight excluding hydrogens is 429 g/mol. The predicted octanol–water partition coefficient (Wildman–Crippen LogP) is 3.51. The Balaban J connectivity index is 1.51. The van der Waals surface area contributed by atoms with Crippen LogP contribution >= 0.6 is 11.8 Å². The smallest absolute Gasteiger partial charge is 0.290 e. The van der Waals surface area contributed by atoms with Gasteiger partial charge in [-0.2, -0.15) is 0 Å². The van der Waals surface area contributed by atoms with E-state index < -0.39 is 11.1 Å². The number of piperazine rings is 1. The lowest BCUT2D eigenvalue weighted by Crippen LogP contribution is -2.44. The first-order chi connectivity index (χ1) is 15.5. The highest BCUT2D eigenvalue weighted by atomic mass is 32.2. The summed E-state index contributed by atoms with van der Waals surface area (Å²) in [6.07, 6.45) is 3.14. The number of amides is 2. The van der Waals surface area contributed by atoms with Gasteiger partial charge >= 0.3 is 0 Å². The van der Waals surface area contributed by atoms with Crippen molar-refractivity contribution in [2.75, 3.05) is 38.1 Å². The molecule has 2 aliphatic heterocycles. The molecule has 162 valence electrons. The van der Waals surface area contributed by atoms with Gasteiger partial charge in [0.15, 0.2) is 5.82 Å². The lowest BCUT2D eigenvalue weighted by atomic mass is 10.0. The van der Waals surface area contributed by atoms with Crippen LogP contribution in [0.15, 0.2) is 47.5 Å². The molecule has 2 saturated heterocycles. The average molecular weight is 450 g/mol. The van der Waals surface area contributed by atoms with Gasteiger partial charge in [0.2, 0.25) is 0 Å². The standard InChI is InChI=1S/C23H20FN5O2S/c1-28-7-9-29(10-8-28)18-6-5-14(11-17(18)24)16-4-2-3-15-13-25-20(26-21(15)16)12-19-22(30)27-23(31)32-19/h2-6,11-13H,7-10H2,1H3,(H,27,30,31). The monoisotopic (exact) mass is 449 g/mol. The average Bonchev–Trinajstić information content (AvgIpc) is 3.10. The minimum atomic E-state index is -0.460. The Hall–Kier alpha value is -3.30. The molecule has 9 heteroatoms. The number of rotatable bonds is 3. The van der Waals surface area contributed by atoms with Gasteiger partial charge in [-0.05, 0) is 36.5 Å². The quantitative estimate of drug-likeness (QED) is 0.613. The molecule has 3 aromatic rings. The molecule has 0 bridgehead atoms. The molecule has 2 aromatic carbocycles. The molecular formula is C23H20FN5O2S. The van der Waals surface area contributed by atoms with Crippen LogP contribution in [0.4, 0.5) is 14.9 Å². The maximum absolute atomic E-state index is 15.1. The van der Waals surface area contributed by atoms with E-state index in [1.54, 1.807) is 12.3 Å². The van der Waals surface area contributed by atoms with Gasteiger partial charge in [-0.3, -0.25) is 14.9 Å². The van der Waals surface area contributed by atoms with Crippen molar-refractivity contribution in [3.05, 3.63) is 59.1 Å². The van der Waals surface area contributed by atoms with Crippen molar-refractivity contribution in [2.45, 2.75) is 0 Å². The number of nitrogens with zero attached hydrogens (tertiary/aromatic N) is 4. The van der Waals surface area contributed by atoms with Gasteiger partial charge in [0.1, 0.15) is 5.82 Å². The molecule has 2 aliphatic rings. The number of carbonyl (C=O) groups is 2. The molecule has 0 saturated carbocycles. The highest BCUT2D eigenvalue weighted by molar-refractivity contribution is 8.18. The number of likely N-dealkylation sites (N-methyl/N-ethyl adjacent to an activating group) is 1. The predicted molar refractivity (Wildman–Crippen MR) is 124 cm³/mol. The van der Waals surface area contributed by atoms with Crippen molar-refractivity contribution in [1.82, 2.24) is 20.2 Å². The van der Waals surface area contributed by atoms with Crippen molar-refractivity contribution < 1.29 is 14.0 Å². The van der Waals surface area contributed by atoms with Gasteiger partial charge in [0, 0.05) is 49.4 Å². The summed E-state index contributed by atoms with van der Waals surface area (Å²) in [5.41, 5.74) is 2.74. The first-order valence-electron chi connectivity index (χ1n) is 10.2. The van der Waals surface area contributed by atoms with Crippen LogP contribution < -0.4 is 10.2 Å². The maximum atomic E-state index is 15.1. The Kier molecular flexibility index (Phi) is 5.36. The molecule has 0 atom stereocenters. The first kappa shape index (κ1) is 20.6. The van der Waals surface area contributed by atoms with Crippen LogP contribution in [0.5, 0.6) is 0 Å². The highest BCUT2D eigenvalue weighted by Gasteiger charge is 2.25. The normalized spacial score (nSPS) is 18.6. The second-order valence-electron chi connectivity index (χ2n) is 7.78. The van der Waals surface area contributed by atoms with Crippen LogP contribution in [0.3, 0.4) is 0 Å². The Morgan fingerprint density at radius 3 is 2.66 bits per heavy atom. The number of hydrogen-bond donors (Lipinski definition) is 1. The van der Waals surface area contributed by atoms with E-state index in [9.17, 15) is 9.59 Å². The minimum Gasteiger partial charge on any atom is -0.367 e. The van der Waals surface area contributed by atoms with Crippen LogP contribution in [0.25, 0.3) is 28.1 Å². The number of halogens is 1. The summed E-state index contributed by atoms with van der Waals surface area (Å²) >= 11 is 0.816. The summed E-state index contributed by atoms with van der Waals surface area (Å²) in [7, 11) is 2.07. The third-order valence-electron chi connectivity index (χ3n) is 5.63. The molecule has 2 fully saturated rings. The Bertz CT molecular complexity index is 1270. The number of anilines is 1. The number of aromatic nitrogens is 2. The van der Waals surface area contributed by atoms with Gasteiger partial charge in [0.25, 0.3) is 11.1 Å². The number of thioether (sulfide) groups is 1. The van der Waals surface area contributed by atoms with Crippen molar-refractivity contribution >= 4 is 45.6 Å². The van der Waals surface area contributed by atoms with Gasteiger partial charge in [-0.25, -0.2) is 14.4 Å². The van der Waals surface area contributed by atoms with Crippen LogP contribution in [0, 0.1) is 5.82 Å². The number of benzene rings is 2. The second kappa shape index (κ2) is 8.33. The summed E-state index contributed by atoms with van der Waals surface area (Å²) < 4.78 is 15.1. The number of para-hydroxylation sites is 1. The summed E-state index contributed by atoms with van der Waals surface area (Å²) in [5.74, 6) is -0.414. The zero-order chi connectivity index (χ0) is 22.2. The largest absolute Gasteiger partial charge is 0.367 e. The first-order valence-corrected chi connectivity index (χ1v) is 11.0. The van der Waals surface area contributed by atoms with Crippen molar-refractivity contribution in [3.63, 3.8) is 0 Å². The molecule has 32 heavy (non-hydrogen) atoms. The van der Waals surface area contributed by atoms with E-state index in [-0.39, 0.29) is 10.7 Å². The zero-order valence-electron chi connectivity index (χ0n) is 17.3. The van der Waals surface area contributed by atoms with Gasteiger partial charge < -0.3 is 9.80 Å². The molecule has 3 heterocycles. The molecule has 0 radical (unpaired) electrons. The van der Waals surface area contributed by atoms with Crippen LogP contribution in [-0.2, 0) is 4.79 Å². The summed E-state index contributed by atoms with van der Waals surface area (Å²) in [6.45, 7) is 3.39. The van der Waals surface area contributed by atoms with Crippen molar-refractivity contribution in [1.29, 1.82) is 0 Å². The Morgan fingerprint density at radius 1 is 1.12 bits per heavy atom. The number of fused-ring (bicyclic) bond motifs is 1. The molecule has 0 unspecified atom stereocenters. The molecule has 0 spiro atoms. The van der Waals surface area contributed by atoms with E-state index in [0.29, 0.717) is 22.6 Å². The molecule has 7 nitrogen and oxygen atoms in total. The van der Waals surface area contributed by atoms with Crippen LogP contribution in [-0.4, -0.2) is 59.2 Å². The molecule has 1 aromatic heterocycles. The van der Waals surface area contributed by atoms with E-state index in [1.807, 2.05) is 30.3 Å². The second-order valence-corrected chi connectivity index (χ2v) is 8.80. The summed E-state index contributed by atoms with van der Waals surface area (Å²) in [4.78, 5) is 36.7. The van der Waals surface area contributed by atoms with Crippen LogP contribution in [0.2, 0.25) is 0 Å². The fraction of sp³-hybridized carbons (Fsp3) is 0.217. The highest BCUT2D eigenvalue weighted by Crippen LogP contribution is 2.32. The van der Waals surface area contributed by atoms with Gasteiger partial charge in [-0.1, -0.05) is 24.3 Å². The SMILES string of the molecule is CN1CCN(c2ccc(-c3cccc4cnc(C=C5SC(=O)NC5=O)nc34)cc2F)CC1. The lowest BCUT2D eigenvalue weighted by molar-refractivity contribution is -0.115. The van der Waals surface area contributed by atoms with E-state index >= 15 is 4.39 Å². The maximum Gasteiger partial charge on any atom is 0.290 e. The fourth-order valence-corrected chi connectivity index (χ4v) is 4.54. The van der Waals surface area contributed by atoms with Gasteiger partial charge in [-0.15, -0.1) is 0 Å². The molecule has 0 aliphatic carbocycles. The molecule has 5 rings (SSSR count). The summed E-state index contributed by atoms with van der Waals surface area (Å²) in [6, 6.07) is 10.9. The summed E-state index contributed by atoms with van der Waals surface area (Å²) in [5, 5.41) is 2.60. The Labute approximate surface area is 188 Å². The van der Waals surface area contributed by atoms with Crippen LogP contribution in [0.1, 0.15) is 5.82 Å². The third-order valence-corrected chi connectivity index (χ3v) is 6.44. The van der Waals surface area contributed by atoms with E-state index in [4.69, 9.17) is 0 Å². The minimum absolute atomic E-state index is 0.245. The van der Waals surface area contributed by atoms with Crippen molar-refractivity contribution in [3.8, 4) is 11.1 Å². The number of nitrogens with one attached hydrogen (secondary N) is 1. The topological polar surface area (TPSA) is 78.4 Å². The Morgan fingerprint density at radius 2 is 1.94 bits per heavy atom. The number of carbonyl (C=O) groups excluding carboxylic acids is 2. The molecule has 1 N–H and O–H groups in total. The fourth-order valence-electron chi connectivity index (χ4n) is 3.89. The third kappa shape index (κ3) is 3.96. The zero-order valence-corrected chi connectivity index (χ0v) is 18.2. The van der Waals surface area contributed by atoms with E-state index in [0.717, 1.165) is 48.9 Å². The number of imide groups is 1. The van der Waals surface area contributed by atoms with Crippen molar-refractivity contribution in [2.24, 2.45) is 0 Å². The van der Waals surface area contributed by atoms with E-state index in [1.165, 1.54) is 6.08 Å². The lowest BCUT2D eigenvalue weighted by Gasteiger charge is -2.34. The molecule has 2 amide bonds. The number of hydrogen-bond acceptors (Lipinski definition) is 7.